The number of ether oxygens (including phenoxy) is 3. The van der Waals surface area contributed by atoms with Crippen LogP contribution in [0.1, 0.15) is 33.2 Å². The molecule has 0 spiro atoms. The highest BCUT2D eigenvalue weighted by Crippen LogP contribution is 2.26. The molecule has 0 saturated carbocycles. The first kappa shape index (κ1) is 24.5. The lowest BCUT2D eigenvalue weighted by atomic mass is 10.1. The molecule has 0 heterocycles. The van der Waals surface area contributed by atoms with Crippen molar-refractivity contribution in [3.63, 3.8) is 0 Å². The lowest BCUT2D eigenvalue weighted by Gasteiger charge is -2.14. The highest BCUT2D eigenvalue weighted by atomic mass is 16.5. The van der Waals surface area contributed by atoms with Gasteiger partial charge in [0.25, 0.3) is 5.91 Å². The number of carbonyl (C=O) groups excluding carboxylic acids is 2. The summed E-state index contributed by atoms with van der Waals surface area (Å²) in [4.78, 5) is 25.0. The largest absolute Gasteiger partial charge is 0.493 e. The summed E-state index contributed by atoms with van der Waals surface area (Å²) in [6.07, 6.45) is 0. The van der Waals surface area contributed by atoms with Crippen molar-refractivity contribution < 1.29 is 23.8 Å². The monoisotopic (exact) mass is 481 g/mol. The number of amides is 1. The zero-order valence-corrected chi connectivity index (χ0v) is 20.2. The second-order valence-electron chi connectivity index (χ2n) is 7.93. The van der Waals surface area contributed by atoms with E-state index in [4.69, 9.17) is 14.2 Å². The molecule has 36 heavy (non-hydrogen) atoms. The van der Waals surface area contributed by atoms with Gasteiger partial charge in [-0.2, -0.15) is 0 Å². The smallest absolute Gasteiger partial charge is 0.339 e. The number of esters is 1. The average Bonchev–Trinajstić information content (AvgIpc) is 2.93. The third-order valence-corrected chi connectivity index (χ3v) is 5.56. The summed E-state index contributed by atoms with van der Waals surface area (Å²) < 4.78 is 16.6. The SMILES string of the molecule is CCOc1ccc(C(=O)Nc2ccccc2C(=O)OC)cc1COc1ccc(-c2ccccc2)cc1. The molecule has 0 radical (unpaired) electrons. The highest BCUT2D eigenvalue weighted by Gasteiger charge is 2.16. The Morgan fingerprint density at radius 2 is 1.47 bits per heavy atom. The van der Waals surface area contributed by atoms with Crippen molar-refractivity contribution in [2.75, 3.05) is 19.0 Å². The van der Waals surface area contributed by atoms with Crippen LogP contribution in [-0.4, -0.2) is 25.6 Å². The lowest BCUT2D eigenvalue weighted by Crippen LogP contribution is -2.16. The molecule has 0 bridgehead atoms. The maximum absolute atomic E-state index is 13.0. The summed E-state index contributed by atoms with van der Waals surface area (Å²) in [6, 6.07) is 29.9. The predicted octanol–water partition coefficient (Wildman–Crippen LogP) is 6.37. The van der Waals surface area contributed by atoms with E-state index >= 15 is 0 Å². The van der Waals surface area contributed by atoms with Crippen LogP contribution in [0.3, 0.4) is 0 Å². The third kappa shape index (κ3) is 5.91. The molecule has 0 saturated heterocycles. The Labute approximate surface area is 210 Å². The van der Waals surface area contributed by atoms with Crippen LogP contribution >= 0.6 is 0 Å². The van der Waals surface area contributed by atoms with Gasteiger partial charge in [0.1, 0.15) is 18.1 Å². The highest BCUT2D eigenvalue weighted by molar-refractivity contribution is 6.08. The maximum atomic E-state index is 13.0. The van der Waals surface area contributed by atoms with E-state index in [-0.39, 0.29) is 18.1 Å². The van der Waals surface area contributed by atoms with Crippen molar-refractivity contribution >= 4 is 17.6 Å². The molecule has 0 fully saturated rings. The fraction of sp³-hybridized carbons (Fsp3) is 0.133. The Hall–Kier alpha value is -4.58. The minimum atomic E-state index is -0.523. The summed E-state index contributed by atoms with van der Waals surface area (Å²) in [7, 11) is 1.30. The number of methoxy groups -OCH3 is 1. The van der Waals surface area contributed by atoms with E-state index in [0.717, 1.165) is 16.7 Å². The van der Waals surface area contributed by atoms with Gasteiger partial charge in [0.2, 0.25) is 0 Å². The van der Waals surface area contributed by atoms with Crippen LogP contribution < -0.4 is 14.8 Å². The number of benzene rings is 4. The van der Waals surface area contributed by atoms with Crippen molar-refractivity contribution in [2.45, 2.75) is 13.5 Å². The van der Waals surface area contributed by atoms with Crippen molar-refractivity contribution in [3.8, 4) is 22.6 Å². The van der Waals surface area contributed by atoms with E-state index in [1.807, 2.05) is 49.4 Å². The summed E-state index contributed by atoms with van der Waals surface area (Å²) in [6.45, 7) is 2.61. The summed E-state index contributed by atoms with van der Waals surface area (Å²) >= 11 is 0. The first-order valence-corrected chi connectivity index (χ1v) is 11.6. The van der Waals surface area contributed by atoms with E-state index in [9.17, 15) is 9.59 Å². The zero-order chi connectivity index (χ0) is 25.3. The minimum absolute atomic E-state index is 0.222. The number of carbonyl (C=O) groups is 2. The normalized spacial score (nSPS) is 10.4. The van der Waals surface area contributed by atoms with E-state index in [1.165, 1.54) is 7.11 Å². The molecule has 0 unspecified atom stereocenters. The van der Waals surface area contributed by atoms with Crippen LogP contribution in [0.4, 0.5) is 5.69 Å². The molecule has 182 valence electrons. The van der Waals surface area contributed by atoms with Gasteiger partial charge >= 0.3 is 5.97 Å². The molecule has 0 atom stereocenters. The molecule has 1 N–H and O–H groups in total. The standard InChI is InChI=1S/C30H27NO5/c1-3-35-28-18-15-23(29(32)31-27-12-8-7-11-26(27)30(33)34-2)19-24(28)20-36-25-16-13-22(14-17-25)21-9-5-4-6-10-21/h4-19H,3,20H2,1-2H3,(H,31,32). The van der Waals surface area contributed by atoms with Gasteiger partial charge in [0.15, 0.2) is 0 Å². The van der Waals surface area contributed by atoms with Crippen LogP contribution in [0.2, 0.25) is 0 Å². The quantitative estimate of drug-likeness (QED) is 0.281. The van der Waals surface area contributed by atoms with E-state index < -0.39 is 5.97 Å². The van der Waals surface area contributed by atoms with Crippen molar-refractivity contribution in [1.29, 1.82) is 0 Å². The first-order valence-electron chi connectivity index (χ1n) is 11.6. The van der Waals surface area contributed by atoms with Crippen LogP contribution in [0.25, 0.3) is 11.1 Å². The fourth-order valence-electron chi connectivity index (χ4n) is 3.74. The van der Waals surface area contributed by atoms with Crippen LogP contribution in [0.5, 0.6) is 11.5 Å². The van der Waals surface area contributed by atoms with Crippen molar-refractivity contribution in [3.05, 3.63) is 114 Å². The molecule has 4 rings (SSSR count). The van der Waals surface area contributed by atoms with Gasteiger partial charge in [-0.3, -0.25) is 4.79 Å². The van der Waals surface area contributed by atoms with Gasteiger partial charge in [0, 0.05) is 11.1 Å². The van der Waals surface area contributed by atoms with Crippen molar-refractivity contribution in [1.82, 2.24) is 0 Å². The van der Waals surface area contributed by atoms with Gasteiger partial charge in [-0.1, -0.05) is 54.6 Å². The Morgan fingerprint density at radius 1 is 0.778 bits per heavy atom. The number of anilines is 1. The Kier molecular flexibility index (Phi) is 7.98. The topological polar surface area (TPSA) is 73.9 Å². The molecule has 4 aromatic carbocycles. The molecule has 0 aliphatic carbocycles. The second-order valence-corrected chi connectivity index (χ2v) is 7.93. The molecule has 0 aromatic heterocycles. The van der Waals surface area contributed by atoms with E-state index in [2.05, 4.69) is 17.4 Å². The average molecular weight is 482 g/mol. The van der Waals surface area contributed by atoms with Crippen molar-refractivity contribution in [2.24, 2.45) is 0 Å². The summed E-state index contributed by atoms with van der Waals surface area (Å²) in [5.41, 5.74) is 4.04. The number of rotatable bonds is 9. The molecular formula is C30H27NO5. The molecule has 0 aliphatic rings. The molecule has 6 nitrogen and oxygen atoms in total. The first-order chi connectivity index (χ1) is 17.6. The van der Waals surface area contributed by atoms with Gasteiger partial charge in [-0.05, 0) is 60.5 Å². The van der Waals surface area contributed by atoms with Crippen LogP contribution in [-0.2, 0) is 11.3 Å². The molecule has 4 aromatic rings. The third-order valence-electron chi connectivity index (χ3n) is 5.56. The molecule has 1 amide bonds. The van der Waals surface area contributed by atoms with Gasteiger partial charge in [-0.25, -0.2) is 4.79 Å². The second kappa shape index (κ2) is 11.7. The number of para-hydroxylation sites is 1. The van der Waals surface area contributed by atoms with E-state index in [0.29, 0.717) is 29.4 Å². The number of hydrogen-bond donors (Lipinski definition) is 1. The minimum Gasteiger partial charge on any atom is -0.493 e. The molecular weight excluding hydrogens is 454 g/mol. The van der Waals surface area contributed by atoms with Gasteiger partial charge in [0.05, 0.1) is 25.0 Å². The van der Waals surface area contributed by atoms with Crippen LogP contribution in [0, 0.1) is 0 Å². The number of hydrogen-bond acceptors (Lipinski definition) is 5. The molecule has 6 heteroatoms. The lowest BCUT2D eigenvalue weighted by molar-refractivity contribution is 0.0602. The van der Waals surface area contributed by atoms with E-state index in [1.54, 1.807) is 42.5 Å². The Balaban J connectivity index is 1.50. The van der Waals surface area contributed by atoms with Gasteiger partial charge in [-0.15, -0.1) is 0 Å². The number of nitrogens with one attached hydrogen (secondary N) is 1. The zero-order valence-electron chi connectivity index (χ0n) is 20.2. The summed E-state index contributed by atoms with van der Waals surface area (Å²) in [5.74, 6) is 0.469. The fourth-order valence-corrected chi connectivity index (χ4v) is 3.74. The molecule has 0 aliphatic heterocycles. The maximum Gasteiger partial charge on any atom is 0.339 e. The predicted molar refractivity (Wildman–Crippen MR) is 140 cm³/mol. The Bertz CT molecular complexity index is 1330. The van der Waals surface area contributed by atoms with Crippen LogP contribution in [0.15, 0.2) is 97.1 Å². The Morgan fingerprint density at radius 3 is 2.19 bits per heavy atom. The van der Waals surface area contributed by atoms with Gasteiger partial charge < -0.3 is 19.5 Å². The summed E-state index contributed by atoms with van der Waals surface area (Å²) in [5, 5.41) is 2.79.